The highest BCUT2D eigenvalue weighted by Gasteiger charge is 2.15. The molecule has 2 aromatic carbocycles. The maximum atomic E-state index is 10.3. The van der Waals surface area contributed by atoms with Gasteiger partial charge in [0.25, 0.3) is 5.17 Å². The van der Waals surface area contributed by atoms with Crippen LogP contribution < -0.4 is 19.4 Å². The van der Waals surface area contributed by atoms with Crippen molar-refractivity contribution in [3.8, 4) is 11.5 Å². The Labute approximate surface area is 201 Å². The van der Waals surface area contributed by atoms with Crippen LogP contribution in [0, 0.1) is 0 Å². The lowest BCUT2D eigenvalue weighted by Crippen LogP contribution is -2.39. The number of likely N-dealkylation sites (N-methyl/N-ethyl adjacent to an activating group) is 1. The Hall–Kier alpha value is -3.03. The third-order valence-corrected chi connectivity index (χ3v) is 5.66. The van der Waals surface area contributed by atoms with Crippen molar-refractivity contribution in [1.29, 1.82) is 0 Å². The molecule has 0 amide bonds. The molecule has 176 valence electrons. The summed E-state index contributed by atoms with van der Waals surface area (Å²) in [5, 5.41) is 12.6. The van der Waals surface area contributed by atoms with Gasteiger partial charge in [-0.2, -0.15) is 0 Å². The highest BCUT2D eigenvalue weighted by Crippen LogP contribution is 2.25. The van der Waals surface area contributed by atoms with E-state index >= 15 is 0 Å². The number of hydrogen-bond donors (Lipinski definition) is 1. The summed E-state index contributed by atoms with van der Waals surface area (Å²) in [6.45, 7) is 7.15. The molecule has 0 saturated heterocycles. The van der Waals surface area contributed by atoms with Gasteiger partial charge in [-0.05, 0) is 59.6 Å². The third kappa shape index (κ3) is 6.97. The van der Waals surface area contributed by atoms with Gasteiger partial charge in [0.05, 0.1) is 6.54 Å². The summed E-state index contributed by atoms with van der Waals surface area (Å²) in [4.78, 5) is 1.79. The molecule has 0 aliphatic heterocycles. The first-order chi connectivity index (χ1) is 15.6. The first-order valence-corrected chi connectivity index (χ1v) is 11.4. The number of ether oxygens (including phenoxy) is 2. The average Bonchev–Trinajstić information content (AvgIpc) is 3.32. The molecule has 0 aliphatic carbocycles. The SMILES string of the molecule is CN(C(=S)Oc1ccc(C(C)(C)C)cc1)c1cccc(OCC(O)CN(C)n2cccc2)c1. The van der Waals surface area contributed by atoms with Gasteiger partial charge in [-0.25, -0.2) is 0 Å². The summed E-state index contributed by atoms with van der Waals surface area (Å²) in [6, 6.07) is 19.4. The minimum atomic E-state index is -0.640. The molecule has 3 aromatic rings. The fourth-order valence-corrected chi connectivity index (χ4v) is 3.48. The zero-order valence-electron chi connectivity index (χ0n) is 19.9. The van der Waals surface area contributed by atoms with E-state index < -0.39 is 6.10 Å². The molecule has 3 rings (SSSR count). The van der Waals surface area contributed by atoms with E-state index in [0.717, 1.165) is 5.69 Å². The lowest BCUT2D eigenvalue weighted by Gasteiger charge is -2.24. The molecular formula is C26H33N3O3S. The number of aliphatic hydroxyl groups excluding tert-OH is 1. The molecule has 1 heterocycles. The van der Waals surface area contributed by atoms with Crippen molar-refractivity contribution in [2.75, 3.05) is 37.2 Å². The van der Waals surface area contributed by atoms with Crippen molar-refractivity contribution in [3.05, 3.63) is 78.6 Å². The second-order valence-electron chi connectivity index (χ2n) is 9.07. The van der Waals surface area contributed by atoms with Crippen molar-refractivity contribution in [2.45, 2.75) is 32.3 Å². The van der Waals surface area contributed by atoms with Crippen LogP contribution in [-0.4, -0.2) is 48.3 Å². The Bertz CT molecular complexity index is 1030. The van der Waals surface area contributed by atoms with Crippen molar-refractivity contribution < 1.29 is 14.6 Å². The molecule has 0 radical (unpaired) electrons. The normalized spacial score (nSPS) is 12.2. The summed E-state index contributed by atoms with van der Waals surface area (Å²) >= 11 is 5.50. The zero-order chi connectivity index (χ0) is 24.0. The van der Waals surface area contributed by atoms with Gasteiger partial charge < -0.3 is 24.5 Å². The van der Waals surface area contributed by atoms with E-state index in [1.165, 1.54) is 5.56 Å². The van der Waals surface area contributed by atoms with Gasteiger partial charge in [0.2, 0.25) is 0 Å². The van der Waals surface area contributed by atoms with Crippen molar-refractivity contribution in [2.24, 2.45) is 0 Å². The van der Waals surface area contributed by atoms with Crippen LogP contribution in [0.4, 0.5) is 5.69 Å². The Balaban J connectivity index is 1.55. The Morgan fingerprint density at radius 1 is 1.00 bits per heavy atom. The minimum Gasteiger partial charge on any atom is -0.491 e. The van der Waals surface area contributed by atoms with Crippen molar-refractivity contribution >= 4 is 23.1 Å². The highest BCUT2D eigenvalue weighted by atomic mass is 32.1. The van der Waals surface area contributed by atoms with Crippen LogP contribution in [0.3, 0.4) is 0 Å². The second kappa shape index (κ2) is 10.7. The van der Waals surface area contributed by atoms with Gasteiger partial charge in [-0.3, -0.25) is 4.68 Å². The molecule has 6 nitrogen and oxygen atoms in total. The van der Waals surface area contributed by atoms with Crippen LogP contribution in [0.25, 0.3) is 0 Å². The lowest BCUT2D eigenvalue weighted by atomic mass is 9.87. The summed E-state index contributed by atoms with van der Waals surface area (Å²) in [6.07, 6.45) is 3.22. The molecule has 7 heteroatoms. The quantitative estimate of drug-likeness (QED) is 0.489. The number of nitrogens with zero attached hydrogens (tertiary/aromatic N) is 3. The summed E-state index contributed by atoms with van der Waals surface area (Å²) in [5.74, 6) is 1.35. The topological polar surface area (TPSA) is 50.1 Å². The smallest absolute Gasteiger partial charge is 0.269 e. The van der Waals surface area contributed by atoms with Gasteiger partial charge in [0.1, 0.15) is 24.2 Å². The molecule has 1 N–H and O–H groups in total. The van der Waals surface area contributed by atoms with Crippen LogP contribution in [0.2, 0.25) is 0 Å². The molecule has 33 heavy (non-hydrogen) atoms. The van der Waals surface area contributed by atoms with Crippen molar-refractivity contribution in [3.63, 3.8) is 0 Å². The van der Waals surface area contributed by atoms with E-state index in [1.807, 2.05) is 84.7 Å². The van der Waals surface area contributed by atoms with E-state index in [-0.39, 0.29) is 12.0 Å². The summed E-state index contributed by atoms with van der Waals surface area (Å²) in [5.41, 5.74) is 2.16. The predicted octanol–water partition coefficient (Wildman–Crippen LogP) is 4.59. The number of thiocarbonyl (C=S) groups is 1. The van der Waals surface area contributed by atoms with Crippen LogP contribution in [0.1, 0.15) is 26.3 Å². The second-order valence-corrected chi connectivity index (χ2v) is 9.42. The third-order valence-electron chi connectivity index (χ3n) is 5.30. The standard InChI is InChI=1S/C26H33N3O3S/c1-26(2,3)20-11-13-23(14-12-20)32-25(33)28(5)21-9-8-10-24(17-21)31-19-22(30)18-27(4)29-15-6-7-16-29/h6-17,22,30H,18-19H2,1-5H3. The maximum Gasteiger partial charge on any atom is 0.269 e. The van der Waals surface area contributed by atoms with Crippen LogP contribution in [0.15, 0.2) is 73.1 Å². The minimum absolute atomic E-state index is 0.0849. The predicted molar refractivity (Wildman–Crippen MR) is 138 cm³/mol. The molecule has 1 aromatic heterocycles. The number of benzene rings is 2. The van der Waals surface area contributed by atoms with Gasteiger partial charge in [0.15, 0.2) is 0 Å². The fraction of sp³-hybridized carbons (Fsp3) is 0.346. The largest absolute Gasteiger partial charge is 0.491 e. The van der Waals surface area contributed by atoms with Gasteiger partial charge in [0, 0.05) is 38.2 Å². The molecule has 1 unspecified atom stereocenters. The molecule has 1 atom stereocenters. The number of anilines is 1. The molecular weight excluding hydrogens is 434 g/mol. The number of rotatable bonds is 8. The lowest BCUT2D eigenvalue weighted by molar-refractivity contribution is 0.109. The first-order valence-electron chi connectivity index (χ1n) is 10.9. The van der Waals surface area contributed by atoms with Gasteiger partial charge >= 0.3 is 0 Å². The van der Waals surface area contributed by atoms with E-state index in [9.17, 15) is 5.11 Å². The Morgan fingerprint density at radius 3 is 2.30 bits per heavy atom. The summed E-state index contributed by atoms with van der Waals surface area (Å²) < 4.78 is 13.6. The van der Waals surface area contributed by atoms with Crippen molar-refractivity contribution in [1.82, 2.24) is 4.68 Å². The number of aliphatic hydroxyl groups is 1. The number of aromatic nitrogens is 1. The van der Waals surface area contributed by atoms with E-state index in [2.05, 4.69) is 32.9 Å². The summed E-state index contributed by atoms with van der Waals surface area (Å²) in [7, 11) is 3.77. The molecule has 0 bridgehead atoms. The monoisotopic (exact) mass is 467 g/mol. The molecule has 0 spiro atoms. The van der Waals surface area contributed by atoms with Crippen LogP contribution in [0.5, 0.6) is 11.5 Å². The average molecular weight is 468 g/mol. The van der Waals surface area contributed by atoms with Gasteiger partial charge in [-0.15, -0.1) is 0 Å². The maximum absolute atomic E-state index is 10.3. The Kier molecular flexibility index (Phi) is 8.00. The van der Waals surface area contributed by atoms with E-state index in [0.29, 0.717) is 23.2 Å². The number of hydrogen-bond acceptors (Lipinski definition) is 5. The van der Waals surface area contributed by atoms with E-state index in [1.54, 1.807) is 4.90 Å². The molecule has 0 saturated carbocycles. The molecule has 0 fully saturated rings. The molecule has 0 aliphatic rings. The van der Waals surface area contributed by atoms with Gasteiger partial charge in [-0.1, -0.05) is 39.0 Å². The highest BCUT2D eigenvalue weighted by molar-refractivity contribution is 7.80. The van der Waals surface area contributed by atoms with Crippen LogP contribution in [-0.2, 0) is 5.41 Å². The Morgan fingerprint density at radius 2 is 1.67 bits per heavy atom. The fourth-order valence-electron chi connectivity index (χ4n) is 3.28. The van der Waals surface area contributed by atoms with Crippen LogP contribution >= 0.6 is 12.2 Å². The van der Waals surface area contributed by atoms with E-state index in [4.69, 9.17) is 21.7 Å². The zero-order valence-corrected chi connectivity index (χ0v) is 20.7. The first kappa shape index (κ1) is 24.6.